The van der Waals surface area contributed by atoms with Crippen LogP contribution in [0.2, 0.25) is 0 Å². The minimum absolute atomic E-state index is 0.0608. The molecule has 0 fully saturated rings. The van der Waals surface area contributed by atoms with Gasteiger partial charge in [-0.1, -0.05) is 30.3 Å². The summed E-state index contributed by atoms with van der Waals surface area (Å²) in [6.07, 6.45) is 0. The van der Waals surface area contributed by atoms with Crippen molar-refractivity contribution >= 4 is 0 Å². The predicted octanol–water partition coefficient (Wildman–Crippen LogP) is 1.31. The molecule has 0 saturated heterocycles. The normalized spacial score (nSPS) is 12.6. The molecule has 1 heterocycles. The number of nitrogens with two attached hydrogens (primary N) is 1. The highest BCUT2D eigenvalue weighted by molar-refractivity contribution is 5.24. The number of hydrogen-bond donors (Lipinski definition) is 1. The molecule has 5 heteroatoms. The van der Waals surface area contributed by atoms with E-state index in [4.69, 9.17) is 14.9 Å². The van der Waals surface area contributed by atoms with Gasteiger partial charge in [-0.15, -0.1) is 10.2 Å². The SMILES string of the molecule is COCc1nnc(C(CN)c2ccccc2)o1. The molecule has 0 amide bonds. The minimum Gasteiger partial charge on any atom is -0.422 e. The van der Waals surface area contributed by atoms with Gasteiger partial charge in [-0.3, -0.25) is 0 Å². The van der Waals surface area contributed by atoms with Gasteiger partial charge < -0.3 is 14.9 Å². The highest BCUT2D eigenvalue weighted by Gasteiger charge is 2.18. The summed E-state index contributed by atoms with van der Waals surface area (Å²) in [6, 6.07) is 9.88. The molecule has 2 rings (SSSR count). The van der Waals surface area contributed by atoms with E-state index in [2.05, 4.69) is 10.2 Å². The predicted molar refractivity (Wildman–Crippen MR) is 62.4 cm³/mol. The second-order valence-electron chi connectivity index (χ2n) is 3.67. The third-order valence-corrected chi connectivity index (χ3v) is 2.49. The van der Waals surface area contributed by atoms with Gasteiger partial charge in [-0.2, -0.15) is 0 Å². The average Bonchev–Trinajstić information content (AvgIpc) is 2.81. The molecule has 1 atom stereocenters. The number of methoxy groups -OCH3 is 1. The Labute approximate surface area is 99.6 Å². The molecule has 1 unspecified atom stereocenters. The van der Waals surface area contributed by atoms with Crippen molar-refractivity contribution in [1.82, 2.24) is 10.2 Å². The Morgan fingerprint density at radius 2 is 2.06 bits per heavy atom. The number of benzene rings is 1. The Kier molecular flexibility index (Phi) is 3.85. The topological polar surface area (TPSA) is 74.2 Å². The summed E-state index contributed by atoms with van der Waals surface area (Å²) in [5.41, 5.74) is 6.83. The van der Waals surface area contributed by atoms with Crippen LogP contribution in [0.1, 0.15) is 23.3 Å². The van der Waals surface area contributed by atoms with Gasteiger partial charge in [0.15, 0.2) is 0 Å². The molecular weight excluding hydrogens is 218 g/mol. The van der Waals surface area contributed by atoms with Gasteiger partial charge in [-0.25, -0.2) is 0 Å². The van der Waals surface area contributed by atoms with Crippen LogP contribution in [0.5, 0.6) is 0 Å². The van der Waals surface area contributed by atoms with E-state index >= 15 is 0 Å². The highest BCUT2D eigenvalue weighted by atomic mass is 16.5. The van der Waals surface area contributed by atoms with Crippen LogP contribution < -0.4 is 5.73 Å². The summed E-state index contributed by atoms with van der Waals surface area (Å²) >= 11 is 0. The number of ether oxygens (including phenoxy) is 1. The van der Waals surface area contributed by atoms with E-state index in [1.54, 1.807) is 7.11 Å². The van der Waals surface area contributed by atoms with Crippen molar-refractivity contribution in [1.29, 1.82) is 0 Å². The van der Waals surface area contributed by atoms with Crippen molar-refractivity contribution in [3.8, 4) is 0 Å². The van der Waals surface area contributed by atoms with Gasteiger partial charge in [-0.05, 0) is 5.56 Å². The lowest BCUT2D eigenvalue weighted by molar-refractivity contribution is 0.157. The Bertz CT molecular complexity index is 456. The maximum atomic E-state index is 5.76. The second-order valence-corrected chi connectivity index (χ2v) is 3.67. The maximum Gasteiger partial charge on any atom is 0.242 e. The van der Waals surface area contributed by atoms with Gasteiger partial charge in [0.25, 0.3) is 0 Å². The molecule has 2 N–H and O–H groups in total. The van der Waals surface area contributed by atoms with Crippen LogP contribution in [-0.2, 0) is 11.3 Å². The van der Waals surface area contributed by atoms with Crippen molar-refractivity contribution < 1.29 is 9.15 Å². The smallest absolute Gasteiger partial charge is 0.242 e. The molecule has 5 nitrogen and oxygen atoms in total. The van der Waals surface area contributed by atoms with Gasteiger partial charge >= 0.3 is 0 Å². The van der Waals surface area contributed by atoms with Crippen LogP contribution in [0.25, 0.3) is 0 Å². The van der Waals surface area contributed by atoms with E-state index in [1.807, 2.05) is 30.3 Å². The second kappa shape index (κ2) is 5.56. The van der Waals surface area contributed by atoms with E-state index in [9.17, 15) is 0 Å². The standard InChI is InChI=1S/C12H15N3O2/c1-16-8-11-14-15-12(17-11)10(7-13)9-5-3-2-4-6-9/h2-6,10H,7-8,13H2,1H3. The van der Waals surface area contributed by atoms with Gasteiger partial charge in [0.1, 0.15) is 6.61 Å². The van der Waals surface area contributed by atoms with E-state index in [0.29, 0.717) is 24.9 Å². The third kappa shape index (κ3) is 2.69. The van der Waals surface area contributed by atoms with Gasteiger partial charge in [0, 0.05) is 13.7 Å². The first-order chi connectivity index (χ1) is 8.35. The van der Waals surface area contributed by atoms with Crippen molar-refractivity contribution in [2.24, 2.45) is 5.73 Å². The lowest BCUT2D eigenvalue weighted by atomic mass is 9.99. The third-order valence-electron chi connectivity index (χ3n) is 2.49. The molecule has 1 aromatic heterocycles. The first kappa shape index (κ1) is 11.8. The summed E-state index contributed by atoms with van der Waals surface area (Å²) in [4.78, 5) is 0. The van der Waals surface area contributed by atoms with E-state index < -0.39 is 0 Å². The van der Waals surface area contributed by atoms with Crippen LogP contribution in [-0.4, -0.2) is 23.9 Å². The fourth-order valence-electron chi connectivity index (χ4n) is 1.65. The molecule has 2 aromatic rings. The molecule has 0 spiro atoms. The molecule has 0 saturated carbocycles. The zero-order valence-corrected chi connectivity index (χ0v) is 9.67. The summed E-state index contributed by atoms with van der Waals surface area (Å²) < 4.78 is 10.4. The summed E-state index contributed by atoms with van der Waals surface area (Å²) in [7, 11) is 1.58. The first-order valence-corrected chi connectivity index (χ1v) is 5.41. The van der Waals surface area contributed by atoms with E-state index in [1.165, 1.54) is 0 Å². The quantitative estimate of drug-likeness (QED) is 0.842. The van der Waals surface area contributed by atoms with Crippen molar-refractivity contribution in [2.75, 3.05) is 13.7 Å². The molecule has 90 valence electrons. The largest absolute Gasteiger partial charge is 0.422 e. The molecular formula is C12H15N3O2. The molecule has 0 aliphatic carbocycles. The van der Waals surface area contributed by atoms with Gasteiger partial charge in [0.2, 0.25) is 11.8 Å². The van der Waals surface area contributed by atoms with Crippen molar-refractivity contribution in [2.45, 2.75) is 12.5 Å². The fraction of sp³-hybridized carbons (Fsp3) is 0.333. The maximum absolute atomic E-state index is 5.76. The summed E-state index contributed by atoms with van der Waals surface area (Å²) in [5.74, 6) is 0.942. The van der Waals surface area contributed by atoms with E-state index in [0.717, 1.165) is 5.56 Å². The summed E-state index contributed by atoms with van der Waals surface area (Å²) in [5, 5.41) is 7.91. The van der Waals surface area contributed by atoms with Crippen LogP contribution in [0.15, 0.2) is 34.7 Å². The molecule has 0 bridgehead atoms. The highest BCUT2D eigenvalue weighted by Crippen LogP contribution is 2.22. The van der Waals surface area contributed by atoms with E-state index in [-0.39, 0.29) is 5.92 Å². The zero-order valence-electron chi connectivity index (χ0n) is 9.67. The monoisotopic (exact) mass is 233 g/mol. The Balaban J connectivity index is 2.23. The molecule has 0 aliphatic rings. The zero-order chi connectivity index (χ0) is 12.1. The first-order valence-electron chi connectivity index (χ1n) is 5.41. The lowest BCUT2D eigenvalue weighted by Gasteiger charge is -2.09. The van der Waals surface area contributed by atoms with Crippen LogP contribution >= 0.6 is 0 Å². The van der Waals surface area contributed by atoms with Crippen LogP contribution in [0.4, 0.5) is 0 Å². The van der Waals surface area contributed by atoms with Crippen molar-refractivity contribution in [3.63, 3.8) is 0 Å². The average molecular weight is 233 g/mol. The van der Waals surface area contributed by atoms with Crippen LogP contribution in [0.3, 0.4) is 0 Å². The Morgan fingerprint density at radius 1 is 1.29 bits per heavy atom. The Hall–Kier alpha value is -1.72. The Morgan fingerprint density at radius 3 is 2.71 bits per heavy atom. The van der Waals surface area contributed by atoms with Gasteiger partial charge in [0.05, 0.1) is 5.92 Å². The fourth-order valence-corrected chi connectivity index (χ4v) is 1.65. The summed E-state index contributed by atoms with van der Waals surface area (Å²) in [6.45, 7) is 0.748. The number of hydrogen-bond acceptors (Lipinski definition) is 5. The molecule has 17 heavy (non-hydrogen) atoms. The number of aromatic nitrogens is 2. The molecule has 0 radical (unpaired) electrons. The lowest BCUT2D eigenvalue weighted by Crippen LogP contribution is -2.14. The molecule has 1 aromatic carbocycles. The number of nitrogens with zero attached hydrogens (tertiary/aromatic N) is 2. The number of rotatable bonds is 5. The van der Waals surface area contributed by atoms with Crippen LogP contribution in [0, 0.1) is 0 Å². The van der Waals surface area contributed by atoms with Crippen molar-refractivity contribution in [3.05, 3.63) is 47.7 Å². The minimum atomic E-state index is -0.0608. The molecule has 0 aliphatic heterocycles.